The van der Waals surface area contributed by atoms with Crippen molar-refractivity contribution in [1.29, 1.82) is 0 Å². The summed E-state index contributed by atoms with van der Waals surface area (Å²) in [6.07, 6.45) is 2.63. The van der Waals surface area contributed by atoms with Crippen LogP contribution in [0.25, 0.3) is 0 Å². The van der Waals surface area contributed by atoms with E-state index in [2.05, 4.69) is 5.32 Å². The molecular formula is C10H17F2NO. The summed E-state index contributed by atoms with van der Waals surface area (Å²) in [6, 6.07) is 0.143. The van der Waals surface area contributed by atoms with Gasteiger partial charge in [0.25, 0.3) is 0 Å². The van der Waals surface area contributed by atoms with E-state index in [-0.39, 0.29) is 30.9 Å². The third-order valence-corrected chi connectivity index (χ3v) is 3.32. The first-order chi connectivity index (χ1) is 6.57. The van der Waals surface area contributed by atoms with Crippen molar-refractivity contribution in [1.82, 2.24) is 5.32 Å². The van der Waals surface area contributed by atoms with Crippen molar-refractivity contribution in [2.24, 2.45) is 5.92 Å². The fraction of sp³-hybridized carbons (Fsp3) is 1.00. The van der Waals surface area contributed by atoms with Gasteiger partial charge in [-0.2, -0.15) is 0 Å². The summed E-state index contributed by atoms with van der Waals surface area (Å²) in [4.78, 5) is 0. The third-order valence-electron chi connectivity index (χ3n) is 3.32. The van der Waals surface area contributed by atoms with Crippen LogP contribution in [0.5, 0.6) is 0 Å². The SMILES string of the molecule is O[C@@H]1CCC[C@H]1NCC1CC(F)(F)C1. The van der Waals surface area contributed by atoms with E-state index in [1.54, 1.807) is 0 Å². The molecule has 2 saturated carbocycles. The Kier molecular flexibility index (Phi) is 2.75. The summed E-state index contributed by atoms with van der Waals surface area (Å²) in [6.45, 7) is 0.636. The summed E-state index contributed by atoms with van der Waals surface area (Å²) >= 11 is 0. The minimum absolute atomic E-state index is 0.0167. The van der Waals surface area contributed by atoms with Crippen molar-refractivity contribution in [2.75, 3.05) is 6.54 Å². The summed E-state index contributed by atoms with van der Waals surface area (Å²) in [5, 5.41) is 12.7. The van der Waals surface area contributed by atoms with E-state index in [1.807, 2.05) is 0 Å². The van der Waals surface area contributed by atoms with Crippen molar-refractivity contribution in [2.45, 2.75) is 50.2 Å². The van der Waals surface area contributed by atoms with Gasteiger partial charge in [-0.25, -0.2) is 8.78 Å². The van der Waals surface area contributed by atoms with Crippen LogP contribution in [-0.2, 0) is 0 Å². The van der Waals surface area contributed by atoms with E-state index < -0.39 is 5.92 Å². The lowest BCUT2D eigenvalue weighted by molar-refractivity contribution is -0.109. The van der Waals surface area contributed by atoms with Gasteiger partial charge in [-0.05, 0) is 31.7 Å². The Morgan fingerprint density at radius 2 is 2.00 bits per heavy atom. The predicted molar refractivity (Wildman–Crippen MR) is 49.3 cm³/mol. The van der Waals surface area contributed by atoms with E-state index in [0.29, 0.717) is 6.54 Å². The number of nitrogens with one attached hydrogen (secondary N) is 1. The molecule has 2 atom stereocenters. The second-order valence-corrected chi connectivity index (χ2v) is 4.64. The van der Waals surface area contributed by atoms with Gasteiger partial charge in [0.05, 0.1) is 6.10 Å². The normalized spacial score (nSPS) is 37.1. The van der Waals surface area contributed by atoms with Crippen LogP contribution in [-0.4, -0.2) is 29.7 Å². The maximum atomic E-state index is 12.5. The summed E-state index contributed by atoms with van der Waals surface area (Å²) < 4.78 is 25.0. The third kappa shape index (κ3) is 2.23. The molecule has 14 heavy (non-hydrogen) atoms. The number of alkyl halides is 2. The zero-order chi connectivity index (χ0) is 10.2. The zero-order valence-electron chi connectivity index (χ0n) is 8.18. The maximum Gasteiger partial charge on any atom is 0.248 e. The van der Waals surface area contributed by atoms with Crippen molar-refractivity contribution >= 4 is 0 Å². The highest BCUT2D eigenvalue weighted by Gasteiger charge is 2.45. The fourth-order valence-corrected chi connectivity index (χ4v) is 2.43. The molecule has 0 unspecified atom stereocenters. The lowest BCUT2D eigenvalue weighted by Gasteiger charge is -2.35. The number of hydrogen-bond acceptors (Lipinski definition) is 2. The van der Waals surface area contributed by atoms with Crippen LogP contribution in [0.4, 0.5) is 8.78 Å². The molecule has 2 rings (SSSR count). The lowest BCUT2D eigenvalue weighted by atomic mass is 9.81. The first-order valence-corrected chi connectivity index (χ1v) is 5.36. The summed E-state index contributed by atoms with van der Waals surface area (Å²) in [5.74, 6) is -2.31. The molecule has 0 aliphatic heterocycles. The Hall–Kier alpha value is -0.220. The lowest BCUT2D eigenvalue weighted by Crippen LogP contribution is -2.45. The topological polar surface area (TPSA) is 32.3 Å². The molecule has 0 bridgehead atoms. The smallest absolute Gasteiger partial charge is 0.248 e. The molecule has 0 heterocycles. The van der Waals surface area contributed by atoms with E-state index in [9.17, 15) is 13.9 Å². The second-order valence-electron chi connectivity index (χ2n) is 4.64. The molecule has 2 aliphatic rings. The van der Waals surface area contributed by atoms with Crippen molar-refractivity contribution in [3.8, 4) is 0 Å². The van der Waals surface area contributed by atoms with E-state index >= 15 is 0 Å². The highest BCUT2D eigenvalue weighted by Crippen LogP contribution is 2.42. The number of hydrogen-bond donors (Lipinski definition) is 2. The monoisotopic (exact) mass is 205 g/mol. The molecule has 0 aromatic rings. The van der Waals surface area contributed by atoms with Crippen LogP contribution in [0, 0.1) is 5.92 Å². The Labute approximate surface area is 82.7 Å². The average Bonchev–Trinajstić information content (AvgIpc) is 2.44. The Morgan fingerprint density at radius 1 is 1.29 bits per heavy atom. The first-order valence-electron chi connectivity index (χ1n) is 5.36. The molecule has 0 spiro atoms. The standard InChI is InChI=1S/C10H17F2NO/c11-10(12)4-7(5-10)6-13-8-2-1-3-9(8)14/h7-9,13-14H,1-6H2/t8-,9-/m1/s1. The number of halogens is 2. The van der Waals surface area contributed by atoms with Gasteiger partial charge in [-0.3, -0.25) is 0 Å². The van der Waals surface area contributed by atoms with Gasteiger partial charge in [0, 0.05) is 18.9 Å². The summed E-state index contributed by atoms with van der Waals surface area (Å²) in [7, 11) is 0. The van der Waals surface area contributed by atoms with E-state index in [1.165, 1.54) is 0 Å². The maximum absolute atomic E-state index is 12.5. The molecule has 4 heteroatoms. The van der Waals surface area contributed by atoms with Gasteiger partial charge in [0.15, 0.2) is 0 Å². The quantitative estimate of drug-likeness (QED) is 0.732. The highest BCUT2D eigenvalue weighted by atomic mass is 19.3. The molecule has 0 aromatic carbocycles. The number of aliphatic hydroxyl groups excluding tert-OH is 1. The van der Waals surface area contributed by atoms with Crippen LogP contribution in [0.2, 0.25) is 0 Å². The van der Waals surface area contributed by atoms with Gasteiger partial charge in [-0.1, -0.05) is 0 Å². The molecule has 0 radical (unpaired) electrons. The Morgan fingerprint density at radius 3 is 2.50 bits per heavy atom. The number of aliphatic hydroxyl groups is 1. The molecule has 2 fully saturated rings. The molecule has 0 aromatic heterocycles. The van der Waals surface area contributed by atoms with Gasteiger partial charge < -0.3 is 10.4 Å². The molecule has 0 saturated heterocycles. The minimum Gasteiger partial charge on any atom is -0.392 e. The molecular weight excluding hydrogens is 188 g/mol. The van der Waals surface area contributed by atoms with Crippen LogP contribution in [0.3, 0.4) is 0 Å². The van der Waals surface area contributed by atoms with Crippen LogP contribution in [0.1, 0.15) is 32.1 Å². The van der Waals surface area contributed by atoms with Gasteiger partial charge in [0.2, 0.25) is 5.92 Å². The zero-order valence-corrected chi connectivity index (χ0v) is 8.18. The van der Waals surface area contributed by atoms with E-state index in [4.69, 9.17) is 0 Å². The van der Waals surface area contributed by atoms with Crippen molar-refractivity contribution in [3.05, 3.63) is 0 Å². The second kappa shape index (κ2) is 3.74. The van der Waals surface area contributed by atoms with Gasteiger partial charge >= 0.3 is 0 Å². The molecule has 82 valence electrons. The van der Waals surface area contributed by atoms with Crippen LogP contribution < -0.4 is 5.32 Å². The number of rotatable bonds is 3. The first kappa shape index (κ1) is 10.3. The summed E-state index contributed by atoms with van der Waals surface area (Å²) in [5.41, 5.74) is 0. The van der Waals surface area contributed by atoms with Gasteiger partial charge in [-0.15, -0.1) is 0 Å². The Balaban J connectivity index is 1.64. The molecule has 2 N–H and O–H groups in total. The Bertz CT molecular complexity index is 202. The van der Waals surface area contributed by atoms with Crippen molar-refractivity contribution in [3.63, 3.8) is 0 Å². The predicted octanol–water partition coefficient (Wildman–Crippen LogP) is 1.53. The van der Waals surface area contributed by atoms with Gasteiger partial charge in [0.1, 0.15) is 0 Å². The van der Waals surface area contributed by atoms with Crippen molar-refractivity contribution < 1.29 is 13.9 Å². The van der Waals surface area contributed by atoms with E-state index in [0.717, 1.165) is 19.3 Å². The average molecular weight is 205 g/mol. The largest absolute Gasteiger partial charge is 0.392 e. The van der Waals surface area contributed by atoms with Crippen LogP contribution >= 0.6 is 0 Å². The molecule has 2 aliphatic carbocycles. The minimum atomic E-state index is -2.42. The molecule has 2 nitrogen and oxygen atoms in total. The highest BCUT2D eigenvalue weighted by molar-refractivity contribution is 4.90. The fourth-order valence-electron chi connectivity index (χ4n) is 2.43. The van der Waals surface area contributed by atoms with Crippen LogP contribution in [0.15, 0.2) is 0 Å². The molecule has 0 amide bonds.